The van der Waals surface area contributed by atoms with Crippen molar-refractivity contribution in [1.82, 2.24) is 9.80 Å². The number of rotatable bonds is 5. The number of amides is 1. The molecule has 1 fully saturated rings. The number of carbonyl (C=O) groups is 1. The van der Waals surface area contributed by atoms with Gasteiger partial charge in [-0.1, -0.05) is 61.0 Å². The molecule has 2 unspecified atom stereocenters. The first-order valence-corrected chi connectivity index (χ1v) is 9.48. The summed E-state index contributed by atoms with van der Waals surface area (Å²) in [6, 6.07) is 17.5. The molecule has 2 aromatic carbocycles. The van der Waals surface area contributed by atoms with Crippen LogP contribution in [0.25, 0.3) is 0 Å². The molecule has 1 saturated heterocycles. The number of halogens is 3. The van der Waals surface area contributed by atoms with Crippen LogP contribution in [0.5, 0.6) is 0 Å². The number of benzene rings is 2. The van der Waals surface area contributed by atoms with Crippen molar-refractivity contribution in [1.29, 1.82) is 0 Å². The van der Waals surface area contributed by atoms with Crippen molar-refractivity contribution in [2.45, 2.75) is 19.5 Å². The third kappa shape index (κ3) is 6.36. The van der Waals surface area contributed by atoms with Crippen molar-refractivity contribution < 1.29 is 4.79 Å². The number of piperazine rings is 1. The highest BCUT2D eigenvalue weighted by molar-refractivity contribution is 6.30. The monoisotopic (exact) mass is 443 g/mol. The molecule has 1 amide bonds. The molecular weight excluding hydrogens is 417 g/mol. The highest BCUT2D eigenvalue weighted by Crippen LogP contribution is 2.22. The van der Waals surface area contributed by atoms with E-state index in [1.807, 2.05) is 60.4 Å². The first-order valence-electron chi connectivity index (χ1n) is 9.10. The van der Waals surface area contributed by atoms with E-state index in [1.165, 1.54) is 5.56 Å². The summed E-state index contributed by atoms with van der Waals surface area (Å²) in [5, 5.41) is 0.764. The number of nitrogens with zero attached hydrogens (tertiary/aromatic N) is 2. The van der Waals surface area contributed by atoms with Gasteiger partial charge in [0.05, 0.1) is 5.92 Å². The van der Waals surface area contributed by atoms with Crippen LogP contribution in [0.15, 0.2) is 54.6 Å². The van der Waals surface area contributed by atoms with Gasteiger partial charge >= 0.3 is 0 Å². The van der Waals surface area contributed by atoms with Crippen molar-refractivity contribution in [3.8, 4) is 0 Å². The average Bonchev–Trinajstić information content (AvgIpc) is 2.67. The Balaban J connectivity index is 0.00000196. The zero-order valence-electron chi connectivity index (χ0n) is 16.0. The molecule has 0 radical (unpaired) electrons. The molecule has 0 aromatic heterocycles. The van der Waals surface area contributed by atoms with Crippen LogP contribution in [0.2, 0.25) is 5.02 Å². The summed E-state index contributed by atoms with van der Waals surface area (Å²) in [6.45, 7) is 6.01. The van der Waals surface area contributed by atoms with Gasteiger partial charge in [-0.15, -0.1) is 24.8 Å². The Kier molecular flexibility index (Phi) is 10.3. The molecule has 0 saturated carbocycles. The van der Waals surface area contributed by atoms with E-state index in [-0.39, 0.29) is 42.7 Å². The van der Waals surface area contributed by atoms with E-state index in [2.05, 4.69) is 11.0 Å². The molecule has 1 heterocycles. The number of carbonyl (C=O) groups excluding carboxylic acids is 1. The summed E-state index contributed by atoms with van der Waals surface area (Å²) < 4.78 is 0. The Morgan fingerprint density at radius 3 is 2.29 bits per heavy atom. The second-order valence-electron chi connectivity index (χ2n) is 6.96. The van der Waals surface area contributed by atoms with E-state index in [1.54, 1.807) is 0 Å². The number of hydrogen-bond acceptors (Lipinski definition) is 3. The maximum Gasteiger partial charge on any atom is 0.227 e. The van der Waals surface area contributed by atoms with E-state index in [9.17, 15) is 4.79 Å². The smallest absolute Gasteiger partial charge is 0.227 e. The van der Waals surface area contributed by atoms with Crippen molar-refractivity contribution in [3.05, 3.63) is 70.7 Å². The third-order valence-corrected chi connectivity index (χ3v) is 5.33. The minimum Gasteiger partial charge on any atom is -0.340 e. The predicted molar refractivity (Wildman–Crippen MR) is 120 cm³/mol. The third-order valence-electron chi connectivity index (χ3n) is 5.09. The van der Waals surface area contributed by atoms with Crippen LogP contribution in [0.4, 0.5) is 0 Å². The summed E-state index contributed by atoms with van der Waals surface area (Å²) in [6.07, 6.45) is 0. The molecule has 2 N–H and O–H groups in total. The molecule has 2 aromatic rings. The van der Waals surface area contributed by atoms with Gasteiger partial charge < -0.3 is 10.6 Å². The van der Waals surface area contributed by atoms with Crippen LogP contribution >= 0.6 is 36.4 Å². The Morgan fingerprint density at radius 2 is 1.68 bits per heavy atom. The van der Waals surface area contributed by atoms with Gasteiger partial charge in [0.1, 0.15) is 0 Å². The molecule has 0 bridgehead atoms. The minimum atomic E-state index is -0.270. The molecule has 154 valence electrons. The summed E-state index contributed by atoms with van der Waals surface area (Å²) in [4.78, 5) is 17.1. The molecule has 2 atom stereocenters. The average molecular weight is 445 g/mol. The Hall–Kier alpha value is -1.30. The van der Waals surface area contributed by atoms with Crippen LogP contribution in [0.1, 0.15) is 24.1 Å². The SMILES string of the molecule is CC(C(=O)N1CCN(Cc2cccc(Cl)c2)CC1)C(N)c1ccccc1.Cl.Cl. The van der Waals surface area contributed by atoms with Gasteiger partial charge in [0.2, 0.25) is 5.91 Å². The Bertz CT molecular complexity index is 737. The highest BCUT2D eigenvalue weighted by atomic mass is 35.5. The summed E-state index contributed by atoms with van der Waals surface area (Å²) >= 11 is 6.06. The van der Waals surface area contributed by atoms with Crippen molar-refractivity contribution in [2.75, 3.05) is 26.2 Å². The van der Waals surface area contributed by atoms with Crippen LogP contribution < -0.4 is 5.73 Å². The number of hydrogen-bond donors (Lipinski definition) is 1. The second kappa shape index (κ2) is 11.6. The van der Waals surface area contributed by atoms with Gasteiger partial charge in [-0.3, -0.25) is 9.69 Å². The fraction of sp³-hybridized carbons (Fsp3) is 0.381. The lowest BCUT2D eigenvalue weighted by atomic mass is 9.94. The van der Waals surface area contributed by atoms with Gasteiger partial charge in [0.15, 0.2) is 0 Å². The van der Waals surface area contributed by atoms with E-state index in [0.29, 0.717) is 0 Å². The molecule has 1 aliphatic rings. The molecular formula is C21H28Cl3N3O. The molecule has 0 spiro atoms. The molecule has 3 rings (SSSR count). The van der Waals surface area contributed by atoms with Gasteiger partial charge in [0, 0.05) is 43.8 Å². The van der Waals surface area contributed by atoms with E-state index < -0.39 is 0 Å². The molecule has 1 aliphatic heterocycles. The van der Waals surface area contributed by atoms with E-state index in [4.69, 9.17) is 17.3 Å². The lowest BCUT2D eigenvalue weighted by Crippen LogP contribution is -2.50. The van der Waals surface area contributed by atoms with Crippen molar-refractivity contribution in [2.24, 2.45) is 11.7 Å². The quantitative estimate of drug-likeness (QED) is 0.753. The van der Waals surface area contributed by atoms with E-state index in [0.717, 1.165) is 43.3 Å². The first kappa shape index (κ1) is 24.7. The van der Waals surface area contributed by atoms with Gasteiger partial charge in [0.25, 0.3) is 0 Å². The van der Waals surface area contributed by atoms with Crippen LogP contribution in [-0.2, 0) is 11.3 Å². The Morgan fingerprint density at radius 1 is 1.04 bits per heavy atom. The predicted octanol–water partition coefficient (Wildman–Crippen LogP) is 4.16. The molecule has 28 heavy (non-hydrogen) atoms. The second-order valence-corrected chi connectivity index (χ2v) is 7.39. The zero-order chi connectivity index (χ0) is 18.5. The lowest BCUT2D eigenvalue weighted by Gasteiger charge is -2.37. The maximum absolute atomic E-state index is 12.8. The number of nitrogens with two attached hydrogens (primary N) is 1. The van der Waals surface area contributed by atoms with Crippen molar-refractivity contribution >= 4 is 42.3 Å². The van der Waals surface area contributed by atoms with Gasteiger partial charge in [-0.05, 0) is 23.3 Å². The topological polar surface area (TPSA) is 49.6 Å². The fourth-order valence-corrected chi connectivity index (χ4v) is 3.64. The largest absolute Gasteiger partial charge is 0.340 e. The molecule has 7 heteroatoms. The van der Waals surface area contributed by atoms with Gasteiger partial charge in [-0.2, -0.15) is 0 Å². The highest BCUT2D eigenvalue weighted by Gasteiger charge is 2.29. The fourth-order valence-electron chi connectivity index (χ4n) is 3.43. The minimum absolute atomic E-state index is 0. The van der Waals surface area contributed by atoms with Crippen LogP contribution in [-0.4, -0.2) is 41.9 Å². The Labute approximate surface area is 184 Å². The first-order chi connectivity index (χ1) is 12.5. The van der Waals surface area contributed by atoms with Crippen LogP contribution in [0, 0.1) is 5.92 Å². The molecule has 0 aliphatic carbocycles. The van der Waals surface area contributed by atoms with E-state index >= 15 is 0 Å². The van der Waals surface area contributed by atoms with Crippen molar-refractivity contribution in [3.63, 3.8) is 0 Å². The summed E-state index contributed by atoms with van der Waals surface area (Å²) in [5.41, 5.74) is 8.53. The summed E-state index contributed by atoms with van der Waals surface area (Å²) in [7, 11) is 0. The zero-order valence-corrected chi connectivity index (χ0v) is 18.3. The maximum atomic E-state index is 12.8. The van der Waals surface area contributed by atoms with Gasteiger partial charge in [-0.25, -0.2) is 0 Å². The standard InChI is InChI=1S/C21H26ClN3O.2ClH/c1-16(20(23)18-7-3-2-4-8-18)21(26)25-12-10-24(11-13-25)15-17-6-5-9-19(22)14-17;;/h2-9,14,16,20H,10-13,15,23H2,1H3;2*1H. The summed E-state index contributed by atoms with van der Waals surface area (Å²) in [5.74, 6) is -0.0827. The lowest BCUT2D eigenvalue weighted by molar-refractivity contribution is -0.137. The normalized spacial score (nSPS) is 16.5. The van der Waals surface area contributed by atoms with Crippen LogP contribution in [0.3, 0.4) is 0 Å². The molecule has 4 nitrogen and oxygen atoms in total.